The average molecular weight is 630 g/mol. The van der Waals surface area contributed by atoms with Crippen molar-refractivity contribution in [2.75, 3.05) is 6.61 Å². The lowest BCUT2D eigenvalue weighted by Crippen LogP contribution is -2.47. The quantitative estimate of drug-likeness (QED) is 0.0813. The van der Waals surface area contributed by atoms with Crippen molar-refractivity contribution in [1.82, 2.24) is 5.32 Å². The Morgan fingerprint density at radius 3 is 2.25 bits per heavy atom. The summed E-state index contributed by atoms with van der Waals surface area (Å²) in [6.45, 7) is 25.8. The number of ether oxygens (including phenoxy) is 2. The van der Waals surface area contributed by atoms with Crippen LogP contribution < -0.4 is 14.5 Å². The van der Waals surface area contributed by atoms with Crippen LogP contribution in [0.15, 0.2) is 42.0 Å². The first-order valence-corrected chi connectivity index (χ1v) is 18.4. The predicted molar refractivity (Wildman–Crippen MR) is 180 cm³/mol. The van der Waals surface area contributed by atoms with E-state index in [0.29, 0.717) is 36.1 Å². The van der Waals surface area contributed by atoms with Gasteiger partial charge < -0.3 is 24.3 Å². The van der Waals surface area contributed by atoms with E-state index in [4.69, 9.17) is 13.9 Å². The monoisotopic (exact) mass is 629 g/mol. The van der Waals surface area contributed by atoms with Crippen LogP contribution in [-0.4, -0.2) is 44.1 Å². The molecule has 0 fully saturated rings. The van der Waals surface area contributed by atoms with Crippen LogP contribution in [0.25, 0.3) is 0 Å². The Hall–Kier alpha value is -3.33. The van der Waals surface area contributed by atoms with Gasteiger partial charge in [0.2, 0.25) is 8.32 Å². The molecule has 0 aliphatic carbocycles. The number of carbonyl (C=O) groups excluding carboxylic acids is 2. The number of aryl methyl sites for hydroxylation is 1. The molecule has 8 nitrogen and oxygen atoms in total. The van der Waals surface area contributed by atoms with E-state index in [9.17, 15) is 19.5 Å². The minimum Gasteiger partial charge on any atom is -0.543 e. The molecule has 0 radical (unpaired) electrons. The van der Waals surface area contributed by atoms with E-state index in [1.807, 2.05) is 26.0 Å². The third-order valence-electron chi connectivity index (χ3n) is 7.80. The van der Waals surface area contributed by atoms with Gasteiger partial charge in [-0.25, -0.2) is 14.4 Å². The molecule has 1 atom stereocenters. The summed E-state index contributed by atoms with van der Waals surface area (Å²) in [6.07, 6.45) is 8.02. The van der Waals surface area contributed by atoms with Crippen LogP contribution in [-0.2, 0) is 22.4 Å². The highest BCUT2D eigenvalue weighted by Crippen LogP contribution is 2.43. The molecule has 0 aliphatic rings. The Morgan fingerprint density at radius 1 is 1.11 bits per heavy atom. The maximum absolute atomic E-state index is 13.7. The Bertz CT molecular complexity index is 1230. The summed E-state index contributed by atoms with van der Waals surface area (Å²) in [7, 11) is -2.39. The standard InChI is InChI=1S/C35H55NO7Si/c1-13-16-26-22-28(43-44(11,12)35(8,9)10)27(20-19-25(7)18-15-17-23(3)4)31(29(26)32(37)38)42-33(39)30(24(5)6)36-34(40)41-21-14-2/h14,17,19,22,24,30H,2,13,15-16,18,20-21H2,1,3-12H3,(H,36,40)(H,37,38)/b25-19+. The van der Waals surface area contributed by atoms with Crippen LogP contribution in [0.2, 0.25) is 18.1 Å². The van der Waals surface area contributed by atoms with Gasteiger partial charge in [0.25, 0.3) is 0 Å². The van der Waals surface area contributed by atoms with Gasteiger partial charge in [-0.15, -0.1) is 0 Å². The molecule has 9 heteroatoms. The average Bonchev–Trinajstić information content (AvgIpc) is 2.88. The molecule has 0 aliphatic heterocycles. The highest BCUT2D eigenvalue weighted by Gasteiger charge is 2.40. The van der Waals surface area contributed by atoms with Crippen LogP contribution in [0.4, 0.5) is 4.79 Å². The molecule has 1 aromatic carbocycles. The van der Waals surface area contributed by atoms with Crippen LogP contribution in [0, 0.1) is 5.92 Å². The largest absolute Gasteiger partial charge is 0.543 e. The van der Waals surface area contributed by atoms with Crippen LogP contribution in [0.1, 0.15) is 103 Å². The first kappa shape index (κ1) is 38.7. The van der Waals surface area contributed by atoms with Gasteiger partial charge in [0.05, 0.1) is 0 Å². The Balaban J connectivity index is 3.91. The van der Waals surface area contributed by atoms with Gasteiger partial charge in [0.15, 0.2) is 5.75 Å². The summed E-state index contributed by atoms with van der Waals surface area (Å²) < 4.78 is 17.9. The number of amides is 1. The molecule has 246 valence electrons. The van der Waals surface area contributed by atoms with Crippen molar-refractivity contribution in [3.05, 3.63) is 58.7 Å². The number of benzene rings is 1. The van der Waals surface area contributed by atoms with Crippen molar-refractivity contribution in [2.45, 2.75) is 119 Å². The van der Waals surface area contributed by atoms with Crippen LogP contribution in [0.5, 0.6) is 11.5 Å². The summed E-state index contributed by atoms with van der Waals surface area (Å²) in [5.41, 5.74) is 3.34. The van der Waals surface area contributed by atoms with Crippen LogP contribution in [0.3, 0.4) is 0 Å². The van der Waals surface area contributed by atoms with Crippen molar-refractivity contribution >= 4 is 26.3 Å². The number of carbonyl (C=O) groups is 3. The van der Waals surface area contributed by atoms with E-state index >= 15 is 0 Å². The van der Waals surface area contributed by atoms with Crippen molar-refractivity contribution in [1.29, 1.82) is 0 Å². The fraction of sp³-hybridized carbons (Fsp3) is 0.571. The van der Waals surface area contributed by atoms with Crippen molar-refractivity contribution in [2.24, 2.45) is 5.92 Å². The zero-order valence-corrected chi connectivity index (χ0v) is 29.8. The van der Waals surface area contributed by atoms with Gasteiger partial charge in [-0.3, -0.25) is 0 Å². The van der Waals surface area contributed by atoms with E-state index in [1.54, 1.807) is 13.8 Å². The first-order chi connectivity index (χ1) is 20.4. The van der Waals surface area contributed by atoms with E-state index in [1.165, 1.54) is 11.6 Å². The highest BCUT2D eigenvalue weighted by atomic mass is 28.4. The Labute approximate surface area is 266 Å². The molecular weight excluding hydrogens is 574 g/mol. The van der Waals surface area contributed by atoms with Crippen LogP contribution >= 0.6 is 0 Å². The lowest BCUT2D eigenvalue weighted by molar-refractivity contribution is -0.137. The van der Waals surface area contributed by atoms with Gasteiger partial charge >= 0.3 is 18.0 Å². The van der Waals surface area contributed by atoms with E-state index in [2.05, 4.69) is 65.7 Å². The minimum atomic E-state index is -2.39. The SMILES string of the molecule is C=CCOC(=O)NC(C(=O)Oc1c(C/C=C(\C)CCC=C(C)C)c(O[Si](C)(C)C(C)(C)C)cc(CCC)c1C(=O)O)C(C)C. The first-order valence-electron chi connectivity index (χ1n) is 15.5. The third-order valence-corrected chi connectivity index (χ3v) is 12.1. The molecule has 44 heavy (non-hydrogen) atoms. The normalized spacial score (nSPS) is 12.8. The number of alkyl carbamates (subject to hydrolysis) is 1. The van der Waals surface area contributed by atoms with Gasteiger partial charge in [-0.2, -0.15) is 0 Å². The second kappa shape index (κ2) is 17.2. The van der Waals surface area contributed by atoms with Crippen molar-refractivity contribution in [3.63, 3.8) is 0 Å². The van der Waals surface area contributed by atoms with Gasteiger partial charge in [0.1, 0.15) is 24.0 Å². The van der Waals surface area contributed by atoms with Crippen molar-refractivity contribution in [3.8, 4) is 11.5 Å². The summed E-state index contributed by atoms with van der Waals surface area (Å²) in [5.74, 6) is -1.85. The third kappa shape index (κ3) is 11.6. The zero-order chi connectivity index (χ0) is 33.8. The maximum Gasteiger partial charge on any atom is 0.408 e. The number of carboxylic acids is 1. The van der Waals surface area contributed by atoms with E-state index < -0.39 is 32.4 Å². The number of allylic oxidation sites excluding steroid dienone is 4. The fourth-order valence-corrected chi connectivity index (χ4v) is 5.22. The molecule has 0 saturated heterocycles. The lowest BCUT2D eigenvalue weighted by Gasteiger charge is -2.37. The molecule has 1 unspecified atom stereocenters. The summed E-state index contributed by atoms with van der Waals surface area (Å²) >= 11 is 0. The Morgan fingerprint density at radius 2 is 1.75 bits per heavy atom. The topological polar surface area (TPSA) is 111 Å². The number of carboxylic acid groups (broad SMARTS) is 1. The van der Waals surface area contributed by atoms with E-state index in [0.717, 1.165) is 18.4 Å². The maximum atomic E-state index is 13.7. The molecule has 0 saturated carbocycles. The second-order valence-electron chi connectivity index (χ2n) is 13.4. The van der Waals surface area contributed by atoms with Crippen molar-refractivity contribution < 1.29 is 33.4 Å². The number of hydrogen-bond acceptors (Lipinski definition) is 6. The molecule has 0 aromatic heterocycles. The molecule has 0 spiro atoms. The number of aromatic carboxylic acids is 1. The van der Waals surface area contributed by atoms with Gasteiger partial charge in [-0.05, 0) is 82.1 Å². The predicted octanol–water partition coefficient (Wildman–Crippen LogP) is 8.80. The number of esters is 1. The molecule has 1 rings (SSSR count). The second-order valence-corrected chi connectivity index (χ2v) is 18.1. The molecule has 1 amide bonds. The smallest absolute Gasteiger partial charge is 0.408 e. The minimum absolute atomic E-state index is 0.0223. The summed E-state index contributed by atoms with van der Waals surface area (Å²) in [6, 6.07) is 0.736. The Kier molecular flexibility index (Phi) is 15.2. The van der Waals surface area contributed by atoms with Gasteiger partial charge in [-0.1, -0.05) is 83.9 Å². The molecule has 1 aromatic rings. The number of hydrogen-bond donors (Lipinski definition) is 2. The fourth-order valence-electron chi connectivity index (χ4n) is 4.18. The van der Waals surface area contributed by atoms with E-state index in [-0.39, 0.29) is 28.9 Å². The van der Waals surface area contributed by atoms with Gasteiger partial charge in [0, 0.05) is 5.56 Å². The summed E-state index contributed by atoms with van der Waals surface area (Å²) in [4.78, 5) is 38.9. The molecular formula is C35H55NO7Si. The molecule has 0 heterocycles. The summed E-state index contributed by atoms with van der Waals surface area (Å²) in [5, 5.41) is 12.9. The number of nitrogens with one attached hydrogen (secondary N) is 1. The number of rotatable bonds is 16. The highest BCUT2D eigenvalue weighted by molar-refractivity contribution is 6.74. The zero-order valence-electron chi connectivity index (χ0n) is 28.8. The lowest BCUT2D eigenvalue weighted by atomic mass is 9.95. The molecule has 2 N–H and O–H groups in total. The molecule has 0 bridgehead atoms.